The van der Waals surface area contributed by atoms with E-state index in [9.17, 15) is 4.79 Å². The number of hydrogen-bond acceptors (Lipinski definition) is 3. The number of carbonyl (C=O) groups excluding carboxylic acids is 1. The zero-order valence-corrected chi connectivity index (χ0v) is 18.0. The van der Waals surface area contributed by atoms with E-state index in [4.69, 9.17) is 0 Å². The van der Waals surface area contributed by atoms with E-state index in [0.717, 1.165) is 39.0 Å². The normalized spacial score (nSPS) is 21.4. The van der Waals surface area contributed by atoms with Crippen LogP contribution in [0.1, 0.15) is 50.0 Å². The standard InChI is InChI=1S/C25H36N4O/c30-25(10-9-20-6-5-13-26-18-20)27-14-3-4-15-29-16-11-21(12-17-29)23-19-28-24-8-2-1-7-22(23)24/h1-2,7-10,19-21,26,28H,3-6,11-18H2,(H,27,30). The third-order valence-corrected chi connectivity index (χ3v) is 6.70. The van der Waals surface area contributed by atoms with E-state index in [1.807, 2.05) is 0 Å². The molecule has 2 aliphatic heterocycles. The number of rotatable bonds is 8. The molecule has 162 valence electrons. The molecule has 1 aromatic carbocycles. The lowest BCUT2D eigenvalue weighted by atomic mass is 9.89. The molecule has 0 saturated carbocycles. The number of aromatic amines is 1. The molecule has 1 amide bonds. The fourth-order valence-corrected chi connectivity index (χ4v) is 4.90. The maximum atomic E-state index is 12.0. The summed E-state index contributed by atoms with van der Waals surface area (Å²) in [4.78, 5) is 18.0. The minimum atomic E-state index is 0.0557. The number of likely N-dealkylation sites (tertiary alicyclic amines) is 1. The van der Waals surface area contributed by atoms with Crippen LogP contribution in [0.15, 0.2) is 42.6 Å². The number of amides is 1. The molecular formula is C25H36N4O. The molecule has 0 bridgehead atoms. The van der Waals surface area contributed by atoms with Crippen LogP contribution in [-0.4, -0.2) is 55.1 Å². The average molecular weight is 409 g/mol. The fraction of sp³-hybridized carbons (Fsp3) is 0.560. The van der Waals surface area contributed by atoms with Crippen molar-refractivity contribution < 1.29 is 4.79 Å². The van der Waals surface area contributed by atoms with Crippen LogP contribution in [-0.2, 0) is 4.79 Å². The smallest absolute Gasteiger partial charge is 0.243 e. The van der Waals surface area contributed by atoms with Crippen molar-refractivity contribution in [3.63, 3.8) is 0 Å². The molecule has 0 radical (unpaired) electrons. The van der Waals surface area contributed by atoms with Crippen LogP contribution >= 0.6 is 0 Å². The van der Waals surface area contributed by atoms with Gasteiger partial charge in [-0.05, 0) is 94.2 Å². The maximum absolute atomic E-state index is 12.0. The molecule has 1 aromatic heterocycles. The third kappa shape index (κ3) is 5.73. The summed E-state index contributed by atoms with van der Waals surface area (Å²) in [5, 5.41) is 7.80. The van der Waals surface area contributed by atoms with Gasteiger partial charge in [-0.25, -0.2) is 0 Å². The summed E-state index contributed by atoms with van der Waals surface area (Å²) in [5.74, 6) is 1.24. The number of aromatic nitrogens is 1. The fourth-order valence-electron chi connectivity index (χ4n) is 4.90. The SMILES string of the molecule is O=C(C=CC1CCCNC1)NCCCCN1CCC(c2c[nH]c3ccccc23)CC1. The van der Waals surface area contributed by atoms with Crippen LogP contribution in [0.5, 0.6) is 0 Å². The largest absolute Gasteiger partial charge is 0.361 e. The van der Waals surface area contributed by atoms with Crippen molar-refractivity contribution >= 4 is 16.8 Å². The topological polar surface area (TPSA) is 60.2 Å². The molecule has 2 aliphatic rings. The van der Waals surface area contributed by atoms with Gasteiger partial charge >= 0.3 is 0 Å². The van der Waals surface area contributed by atoms with E-state index in [1.165, 1.54) is 55.2 Å². The number of hydrogen-bond donors (Lipinski definition) is 3. The van der Waals surface area contributed by atoms with Gasteiger partial charge in [-0.2, -0.15) is 0 Å². The average Bonchev–Trinajstić information content (AvgIpc) is 3.23. The van der Waals surface area contributed by atoms with E-state index in [1.54, 1.807) is 6.08 Å². The number of fused-ring (bicyclic) bond motifs is 1. The zero-order valence-electron chi connectivity index (χ0n) is 18.0. The second kappa shape index (κ2) is 10.8. The van der Waals surface area contributed by atoms with Gasteiger partial charge in [0.05, 0.1) is 0 Å². The molecular weight excluding hydrogens is 372 g/mol. The molecule has 3 N–H and O–H groups in total. The van der Waals surface area contributed by atoms with Gasteiger partial charge in [0.2, 0.25) is 5.91 Å². The predicted octanol–water partition coefficient (Wildman–Crippen LogP) is 3.80. The molecule has 1 unspecified atom stereocenters. The van der Waals surface area contributed by atoms with Crippen LogP contribution in [0.2, 0.25) is 0 Å². The van der Waals surface area contributed by atoms with Gasteiger partial charge in [0.15, 0.2) is 0 Å². The van der Waals surface area contributed by atoms with Crippen molar-refractivity contribution in [2.24, 2.45) is 5.92 Å². The van der Waals surface area contributed by atoms with Gasteiger partial charge in [0.1, 0.15) is 0 Å². The molecule has 1 atom stereocenters. The number of carbonyl (C=O) groups is 1. The van der Waals surface area contributed by atoms with Crippen molar-refractivity contribution in [1.29, 1.82) is 0 Å². The first-order valence-electron chi connectivity index (χ1n) is 11.7. The quantitative estimate of drug-likeness (QED) is 0.460. The lowest BCUT2D eigenvalue weighted by Crippen LogP contribution is -2.34. The third-order valence-electron chi connectivity index (χ3n) is 6.70. The molecule has 30 heavy (non-hydrogen) atoms. The Bertz CT molecular complexity index is 829. The molecule has 2 saturated heterocycles. The number of nitrogens with zero attached hydrogens (tertiary/aromatic N) is 1. The monoisotopic (exact) mass is 408 g/mol. The van der Waals surface area contributed by atoms with Crippen LogP contribution in [0.25, 0.3) is 10.9 Å². The summed E-state index contributed by atoms with van der Waals surface area (Å²) in [5.41, 5.74) is 2.74. The second-order valence-electron chi connectivity index (χ2n) is 8.87. The summed E-state index contributed by atoms with van der Waals surface area (Å²) in [6.07, 6.45) is 13.1. The second-order valence-corrected chi connectivity index (χ2v) is 8.87. The summed E-state index contributed by atoms with van der Waals surface area (Å²) in [6.45, 7) is 6.37. The number of H-pyrrole nitrogens is 1. The Labute approximate surface area is 180 Å². The lowest BCUT2D eigenvalue weighted by Gasteiger charge is -2.32. The number of piperidine rings is 2. The van der Waals surface area contributed by atoms with Crippen LogP contribution in [0, 0.1) is 5.92 Å². The predicted molar refractivity (Wildman–Crippen MR) is 124 cm³/mol. The minimum absolute atomic E-state index is 0.0557. The maximum Gasteiger partial charge on any atom is 0.243 e. The Morgan fingerprint density at radius 1 is 1.17 bits per heavy atom. The van der Waals surface area contributed by atoms with Crippen molar-refractivity contribution in [2.75, 3.05) is 39.3 Å². The van der Waals surface area contributed by atoms with Crippen molar-refractivity contribution in [3.05, 3.63) is 48.2 Å². The molecule has 5 nitrogen and oxygen atoms in total. The van der Waals surface area contributed by atoms with E-state index in [0.29, 0.717) is 11.8 Å². The zero-order chi connectivity index (χ0) is 20.6. The Hall–Kier alpha value is -2.11. The van der Waals surface area contributed by atoms with Gasteiger partial charge in [-0.1, -0.05) is 24.3 Å². The molecule has 0 spiro atoms. The van der Waals surface area contributed by atoms with Crippen LogP contribution in [0.4, 0.5) is 0 Å². The summed E-state index contributed by atoms with van der Waals surface area (Å²) in [7, 11) is 0. The Morgan fingerprint density at radius 2 is 2.03 bits per heavy atom. The van der Waals surface area contributed by atoms with Gasteiger partial charge < -0.3 is 20.5 Å². The minimum Gasteiger partial charge on any atom is -0.361 e. The molecule has 4 rings (SSSR count). The van der Waals surface area contributed by atoms with Gasteiger partial charge in [0.25, 0.3) is 0 Å². The Morgan fingerprint density at radius 3 is 2.87 bits per heavy atom. The van der Waals surface area contributed by atoms with Gasteiger partial charge in [-0.15, -0.1) is 0 Å². The number of benzene rings is 1. The van der Waals surface area contributed by atoms with Crippen LogP contribution < -0.4 is 10.6 Å². The van der Waals surface area contributed by atoms with Crippen molar-refractivity contribution in [3.8, 4) is 0 Å². The summed E-state index contributed by atoms with van der Waals surface area (Å²) < 4.78 is 0. The molecule has 2 fully saturated rings. The van der Waals surface area contributed by atoms with E-state index in [2.05, 4.69) is 57.1 Å². The Kier molecular flexibility index (Phi) is 7.59. The van der Waals surface area contributed by atoms with Crippen molar-refractivity contribution in [1.82, 2.24) is 20.5 Å². The molecule has 5 heteroatoms. The first kappa shape index (κ1) is 21.1. The molecule has 3 heterocycles. The molecule has 0 aliphatic carbocycles. The van der Waals surface area contributed by atoms with E-state index >= 15 is 0 Å². The number of nitrogens with one attached hydrogen (secondary N) is 3. The van der Waals surface area contributed by atoms with E-state index in [-0.39, 0.29) is 5.91 Å². The highest BCUT2D eigenvalue weighted by Crippen LogP contribution is 2.33. The summed E-state index contributed by atoms with van der Waals surface area (Å²) >= 11 is 0. The van der Waals surface area contributed by atoms with Crippen molar-refractivity contribution in [2.45, 2.75) is 44.4 Å². The van der Waals surface area contributed by atoms with E-state index < -0.39 is 0 Å². The highest BCUT2D eigenvalue weighted by atomic mass is 16.1. The molecule has 2 aromatic rings. The highest BCUT2D eigenvalue weighted by molar-refractivity contribution is 5.87. The first-order chi connectivity index (χ1) is 14.8. The summed E-state index contributed by atoms with van der Waals surface area (Å²) in [6, 6.07) is 8.63. The van der Waals surface area contributed by atoms with Crippen LogP contribution in [0.3, 0.4) is 0 Å². The Balaban J connectivity index is 1.10. The highest BCUT2D eigenvalue weighted by Gasteiger charge is 2.22. The van der Waals surface area contributed by atoms with Gasteiger partial charge in [-0.3, -0.25) is 4.79 Å². The van der Waals surface area contributed by atoms with Gasteiger partial charge in [0, 0.05) is 30.2 Å². The number of para-hydroxylation sites is 1. The lowest BCUT2D eigenvalue weighted by molar-refractivity contribution is -0.116. The number of unbranched alkanes of at least 4 members (excludes halogenated alkanes) is 1. The first-order valence-corrected chi connectivity index (χ1v) is 11.7.